The van der Waals surface area contributed by atoms with Gasteiger partial charge in [0.15, 0.2) is 5.78 Å². The molecule has 5 heteroatoms. The highest BCUT2D eigenvalue weighted by Gasteiger charge is 2.12. The van der Waals surface area contributed by atoms with Crippen LogP contribution >= 0.6 is 0 Å². The Labute approximate surface area is 60.7 Å². The number of hydrogen-bond acceptors (Lipinski definition) is 3. The van der Waals surface area contributed by atoms with Gasteiger partial charge in [-0.2, -0.15) is 4.72 Å². The Kier molecular flexibility index (Phi) is 2.98. The molecule has 1 radical (unpaired) electrons. The standard InChI is InChI=1S/C5H10NO3S/c1-4(5(2)7)6-10(3,8)9/h6H,1-3H3. The lowest BCUT2D eigenvalue weighted by molar-refractivity contribution is -0.115. The van der Waals surface area contributed by atoms with E-state index >= 15 is 0 Å². The molecular weight excluding hydrogens is 154 g/mol. The Hall–Kier alpha value is -0.420. The maximum absolute atomic E-state index is 10.5. The van der Waals surface area contributed by atoms with Gasteiger partial charge in [-0.1, -0.05) is 0 Å². The lowest BCUT2D eigenvalue weighted by atomic mass is 10.3. The SMILES string of the molecule is C[C](NS(C)(=O)=O)C(C)=O. The summed E-state index contributed by atoms with van der Waals surface area (Å²) in [6.45, 7) is 2.72. The maximum atomic E-state index is 10.5. The van der Waals surface area contributed by atoms with E-state index in [4.69, 9.17) is 0 Å². The third-order valence-electron chi connectivity index (χ3n) is 0.867. The molecular formula is C5H10NO3S. The molecule has 0 amide bonds. The summed E-state index contributed by atoms with van der Waals surface area (Å²) in [7, 11) is -3.28. The molecule has 59 valence electrons. The van der Waals surface area contributed by atoms with Crippen molar-refractivity contribution in [2.45, 2.75) is 13.8 Å². The number of carbonyl (C=O) groups excluding carboxylic acids is 1. The molecule has 0 rings (SSSR count). The molecule has 1 N–H and O–H groups in total. The second kappa shape index (κ2) is 3.12. The summed E-state index contributed by atoms with van der Waals surface area (Å²) in [5.41, 5.74) is 0. The molecule has 4 nitrogen and oxygen atoms in total. The van der Waals surface area contributed by atoms with Crippen LogP contribution < -0.4 is 4.72 Å². The molecule has 0 saturated heterocycles. The van der Waals surface area contributed by atoms with E-state index < -0.39 is 10.0 Å². The summed E-state index contributed by atoms with van der Waals surface area (Å²) in [5.74, 6) is -0.273. The molecule has 0 aliphatic carbocycles. The van der Waals surface area contributed by atoms with E-state index in [1.807, 2.05) is 0 Å². The molecule has 0 aliphatic heterocycles. The summed E-state index contributed by atoms with van der Waals surface area (Å²) in [6.07, 6.45) is 0.999. The zero-order chi connectivity index (χ0) is 8.36. The van der Waals surface area contributed by atoms with Crippen molar-refractivity contribution in [3.05, 3.63) is 6.04 Å². The van der Waals surface area contributed by atoms with E-state index in [1.54, 1.807) is 0 Å². The number of ketones is 1. The second-order valence-corrected chi connectivity index (χ2v) is 3.80. The minimum absolute atomic E-state index is 0.141. The Bertz CT molecular complexity index is 219. The Morgan fingerprint density at radius 2 is 1.70 bits per heavy atom. The molecule has 10 heavy (non-hydrogen) atoms. The largest absolute Gasteiger partial charge is 0.298 e. The molecule has 0 aliphatic rings. The minimum atomic E-state index is -3.28. The van der Waals surface area contributed by atoms with Crippen molar-refractivity contribution >= 4 is 15.8 Å². The fourth-order valence-electron chi connectivity index (χ4n) is 0.350. The van der Waals surface area contributed by atoms with Crippen LogP contribution in [0.15, 0.2) is 0 Å². The van der Waals surface area contributed by atoms with Crippen molar-refractivity contribution in [1.82, 2.24) is 4.72 Å². The first-order chi connectivity index (χ1) is 4.33. The Morgan fingerprint density at radius 3 is 1.80 bits per heavy atom. The van der Waals surface area contributed by atoms with Crippen LogP contribution in [0.25, 0.3) is 0 Å². The van der Waals surface area contributed by atoms with Gasteiger partial charge in [-0.3, -0.25) is 4.79 Å². The van der Waals surface area contributed by atoms with Crippen LogP contribution in [-0.2, 0) is 14.8 Å². The van der Waals surface area contributed by atoms with Crippen LogP contribution in [0.5, 0.6) is 0 Å². The molecule has 0 saturated carbocycles. The first kappa shape index (κ1) is 9.58. The summed E-state index contributed by atoms with van der Waals surface area (Å²) < 4.78 is 23.0. The highest BCUT2D eigenvalue weighted by molar-refractivity contribution is 7.88. The van der Waals surface area contributed by atoms with E-state index in [0.717, 1.165) is 6.26 Å². The number of Topliss-reactive ketones (excluding diaryl/α,β-unsaturated/α-hetero) is 1. The maximum Gasteiger partial charge on any atom is 0.209 e. The predicted molar refractivity (Wildman–Crippen MR) is 37.6 cm³/mol. The predicted octanol–water partition coefficient (Wildman–Crippen LogP) is -0.324. The van der Waals surface area contributed by atoms with Crippen LogP contribution in [-0.4, -0.2) is 20.5 Å². The smallest absolute Gasteiger partial charge is 0.209 e. The number of sulfonamides is 1. The zero-order valence-corrected chi connectivity index (χ0v) is 6.95. The monoisotopic (exact) mass is 164 g/mol. The molecule has 0 heterocycles. The van der Waals surface area contributed by atoms with Crippen LogP contribution in [0.3, 0.4) is 0 Å². The Morgan fingerprint density at radius 1 is 1.30 bits per heavy atom. The van der Waals surface area contributed by atoms with E-state index in [0.29, 0.717) is 0 Å². The molecule has 0 bridgehead atoms. The van der Waals surface area contributed by atoms with Gasteiger partial charge in [-0.25, -0.2) is 8.42 Å². The third kappa shape index (κ3) is 4.46. The van der Waals surface area contributed by atoms with Crippen molar-refractivity contribution in [1.29, 1.82) is 0 Å². The first-order valence-corrected chi connectivity index (χ1v) is 4.54. The van der Waals surface area contributed by atoms with Gasteiger partial charge >= 0.3 is 0 Å². The van der Waals surface area contributed by atoms with Gasteiger partial charge in [-0.05, 0) is 13.8 Å². The van der Waals surface area contributed by atoms with E-state index in [9.17, 15) is 13.2 Å². The number of carbonyl (C=O) groups is 1. The number of rotatable bonds is 3. The van der Waals surface area contributed by atoms with Gasteiger partial charge in [0.1, 0.15) is 6.04 Å². The van der Waals surface area contributed by atoms with Crippen LogP contribution in [0.4, 0.5) is 0 Å². The molecule has 0 fully saturated rings. The second-order valence-electron chi connectivity index (χ2n) is 2.06. The highest BCUT2D eigenvalue weighted by atomic mass is 32.2. The zero-order valence-electron chi connectivity index (χ0n) is 6.13. The topological polar surface area (TPSA) is 63.2 Å². The molecule has 0 aromatic rings. The highest BCUT2D eigenvalue weighted by Crippen LogP contribution is 1.94. The lowest BCUT2D eigenvalue weighted by Gasteiger charge is -2.05. The third-order valence-corrected chi connectivity index (χ3v) is 1.54. The number of nitrogens with one attached hydrogen (secondary N) is 1. The Balaban J connectivity index is 4.06. The normalized spacial score (nSPS) is 12.0. The van der Waals surface area contributed by atoms with Crippen molar-refractivity contribution < 1.29 is 13.2 Å². The molecule has 0 aromatic carbocycles. The quantitative estimate of drug-likeness (QED) is 0.621. The summed E-state index contributed by atoms with van der Waals surface area (Å²) in [5, 5.41) is 0. The van der Waals surface area contributed by atoms with Crippen LogP contribution in [0, 0.1) is 6.04 Å². The molecule has 0 spiro atoms. The summed E-state index contributed by atoms with van der Waals surface area (Å²) in [6, 6.07) is 0.141. The van der Waals surface area contributed by atoms with Crippen molar-refractivity contribution in [3.63, 3.8) is 0 Å². The summed E-state index contributed by atoms with van der Waals surface area (Å²) >= 11 is 0. The molecule has 0 unspecified atom stereocenters. The van der Waals surface area contributed by atoms with E-state index in [2.05, 4.69) is 4.72 Å². The molecule has 0 aromatic heterocycles. The number of hydrogen-bond donors (Lipinski definition) is 1. The first-order valence-electron chi connectivity index (χ1n) is 2.65. The average molecular weight is 164 g/mol. The van der Waals surface area contributed by atoms with Crippen molar-refractivity contribution in [2.75, 3.05) is 6.26 Å². The van der Waals surface area contributed by atoms with E-state index in [-0.39, 0.29) is 11.8 Å². The van der Waals surface area contributed by atoms with Gasteiger partial charge in [0.25, 0.3) is 0 Å². The van der Waals surface area contributed by atoms with Crippen LogP contribution in [0.2, 0.25) is 0 Å². The average Bonchev–Trinajstić information content (AvgIpc) is 1.60. The van der Waals surface area contributed by atoms with Gasteiger partial charge in [-0.15, -0.1) is 0 Å². The van der Waals surface area contributed by atoms with Crippen LogP contribution in [0.1, 0.15) is 13.8 Å². The van der Waals surface area contributed by atoms with Crippen molar-refractivity contribution in [2.24, 2.45) is 0 Å². The van der Waals surface area contributed by atoms with Gasteiger partial charge in [0.2, 0.25) is 10.0 Å². The van der Waals surface area contributed by atoms with E-state index in [1.165, 1.54) is 13.8 Å². The lowest BCUT2D eigenvalue weighted by Crippen LogP contribution is -2.29. The molecule has 0 atom stereocenters. The fraction of sp³-hybridized carbons (Fsp3) is 0.600. The van der Waals surface area contributed by atoms with Crippen molar-refractivity contribution in [3.8, 4) is 0 Å². The van der Waals surface area contributed by atoms with Gasteiger partial charge < -0.3 is 0 Å². The minimum Gasteiger partial charge on any atom is -0.298 e. The summed E-state index contributed by atoms with van der Waals surface area (Å²) in [4.78, 5) is 10.5. The fourth-order valence-corrected chi connectivity index (χ4v) is 1.05. The van der Waals surface area contributed by atoms with Gasteiger partial charge in [0, 0.05) is 0 Å². The van der Waals surface area contributed by atoms with Gasteiger partial charge in [0.05, 0.1) is 6.26 Å².